The topological polar surface area (TPSA) is 76.7 Å². The molecule has 0 aliphatic rings. The van der Waals surface area contributed by atoms with Crippen molar-refractivity contribution in [2.75, 3.05) is 27.3 Å². The summed E-state index contributed by atoms with van der Waals surface area (Å²) in [6, 6.07) is 4.49. The second-order valence-electron chi connectivity index (χ2n) is 6.53. The minimum atomic E-state index is -4.64. The summed E-state index contributed by atoms with van der Waals surface area (Å²) in [5.41, 5.74) is -1.13. The number of hydrogen-bond donors (Lipinski definition) is 2. The maximum Gasteiger partial charge on any atom is 0.405 e. The Balaban J connectivity index is 0.000000362. The van der Waals surface area contributed by atoms with Gasteiger partial charge in [-0.15, -0.1) is 0 Å². The SMILES string of the molecule is COc1cc(Br)cc(OC)c1C(=O)NCC(F)(F)F.O=C(NCC(F)(F)F)c1c(F)cc(Br)cc1F. The molecule has 0 heterocycles. The predicted molar refractivity (Wildman–Crippen MR) is 118 cm³/mol. The maximum atomic E-state index is 13.2. The highest BCUT2D eigenvalue weighted by Crippen LogP contribution is 2.33. The Labute approximate surface area is 215 Å². The molecule has 2 aromatic carbocycles. The highest BCUT2D eigenvalue weighted by atomic mass is 79.9. The van der Waals surface area contributed by atoms with Crippen molar-refractivity contribution in [2.45, 2.75) is 12.4 Å². The fraction of sp³-hybridized carbons (Fsp3) is 0.300. The molecule has 0 aromatic heterocycles. The summed E-state index contributed by atoms with van der Waals surface area (Å²) in [5.74, 6) is -4.62. The van der Waals surface area contributed by atoms with E-state index >= 15 is 0 Å². The molecule has 2 amide bonds. The number of alkyl halides is 6. The van der Waals surface area contributed by atoms with Gasteiger partial charge >= 0.3 is 12.4 Å². The first kappa shape index (κ1) is 31.4. The van der Waals surface area contributed by atoms with Crippen molar-refractivity contribution in [3.05, 3.63) is 56.0 Å². The van der Waals surface area contributed by atoms with Gasteiger partial charge < -0.3 is 20.1 Å². The van der Waals surface area contributed by atoms with E-state index in [-0.39, 0.29) is 21.5 Å². The van der Waals surface area contributed by atoms with Crippen LogP contribution in [-0.4, -0.2) is 51.5 Å². The fourth-order valence-electron chi connectivity index (χ4n) is 2.40. The first-order valence-corrected chi connectivity index (χ1v) is 10.8. The molecule has 200 valence electrons. The molecule has 0 aliphatic heterocycles. The van der Waals surface area contributed by atoms with E-state index in [0.717, 1.165) is 12.1 Å². The van der Waals surface area contributed by atoms with Gasteiger partial charge in [-0.1, -0.05) is 31.9 Å². The van der Waals surface area contributed by atoms with E-state index in [0.29, 0.717) is 4.47 Å². The van der Waals surface area contributed by atoms with E-state index in [4.69, 9.17) is 9.47 Å². The highest BCUT2D eigenvalue weighted by Gasteiger charge is 2.30. The molecule has 0 bridgehead atoms. The van der Waals surface area contributed by atoms with Crippen LogP contribution in [0.4, 0.5) is 35.1 Å². The molecular weight excluding hydrogens is 644 g/mol. The maximum absolute atomic E-state index is 13.2. The average Bonchev–Trinajstić information content (AvgIpc) is 2.74. The molecule has 6 nitrogen and oxygen atoms in total. The lowest BCUT2D eigenvalue weighted by atomic mass is 10.1. The molecule has 0 spiro atoms. The van der Waals surface area contributed by atoms with Crippen molar-refractivity contribution in [1.29, 1.82) is 0 Å². The lowest BCUT2D eigenvalue weighted by Gasteiger charge is -2.14. The van der Waals surface area contributed by atoms with Gasteiger partial charge in [0.2, 0.25) is 0 Å². The van der Waals surface area contributed by atoms with Gasteiger partial charge in [-0.25, -0.2) is 8.78 Å². The second-order valence-corrected chi connectivity index (χ2v) is 8.36. The summed E-state index contributed by atoms with van der Waals surface area (Å²) in [5, 5.41) is 3.15. The number of methoxy groups -OCH3 is 2. The monoisotopic (exact) mass is 658 g/mol. The van der Waals surface area contributed by atoms with Gasteiger partial charge in [0.1, 0.15) is 47.3 Å². The number of amides is 2. The smallest absolute Gasteiger partial charge is 0.405 e. The van der Waals surface area contributed by atoms with Gasteiger partial charge in [0.25, 0.3) is 11.8 Å². The zero-order chi connectivity index (χ0) is 27.8. The van der Waals surface area contributed by atoms with Gasteiger partial charge in [0.15, 0.2) is 0 Å². The van der Waals surface area contributed by atoms with Gasteiger partial charge in [-0.3, -0.25) is 9.59 Å². The Morgan fingerprint density at radius 3 is 1.39 bits per heavy atom. The van der Waals surface area contributed by atoms with Crippen molar-refractivity contribution in [1.82, 2.24) is 10.6 Å². The average molecular weight is 660 g/mol. The quantitative estimate of drug-likeness (QED) is 0.386. The minimum Gasteiger partial charge on any atom is -0.496 e. The number of benzene rings is 2. The molecule has 2 rings (SSSR count). The van der Waals surface area contributed by atoms with Crippen LogP contribution in [0.25, 0.3) is 0 Å². The highest BCUT2D eigenvalue weighted by molar-refractivity contribution is 9.10. The van der Waals surface area contributed by atoms with Crippen molar-refractivity contribution in [2.24, 2.45) is 0 Å². The normalized spacial score (nSPS) is 11.2. The van der Waals surface area contributed by atoms with Gasteiger partial charge in [-0.05, 0) is 24.3 Å². The summed E-state index contributed by atoms with van der Waals surface area (Å²) < 4.78 is 108. The number of carbonyl (C=O) groups is 2. The van der Waals surface area contributed by atoms with E-state index in [9.17, 15) is 44.7 Å². The summed E-state index contributed by atoms with van der Waals surface area (Å²) >= 11 is 5.95. The lowest BCUT2D eigenvalue weighted by Crippen LogP contribution is -2.34. The third kappa shape index (κ3) is 10.2. The van der Waals surface area contributed by atoms with Crippen LogP contribution >= 0.6 is 31.9 Å². The number of nitrogens with one attached hydrogen (secondary N) is 2. The lowest BCUT2D eigenvalue weighted by molar-refractivity contribution is -0.123. The fourth-order valence-corrected chi connectivity index (χ4v) is 3.22. The third-order valence-corrected chi connectivity index (χ3v) is 4.75. The molecule has 0 aliphatic carbocycles. The van der Waals surface area contributed by atoms with Gasteiger partial charge in [0.05, 0.1) is 14.2 Å². The van der Waals surface area contributed by atoms with Crippen LogP contribution in [-0.2, 0) is 0 Å². The molecule has 2 N–H and O–H groups in total. The Kier molecular flexibility index (Phi) is 11.4. The molecule has 0 saturated heterocycles. The molecule has 0 unspecified atom stereocenters. The molecule has 0 fully saturated rings. The molecule has 0 saturated carbocycles. The zero-order valence-corrected chi connectivity index (χ0v) is 21.3. The van der Waals surface area contributed by atoms with Crippen LogP contribution in [0, 0.1) is 11.6 Å². The van der Waals surface area contributed by atoms with E-state index in [1.807, 2.05) is 0 Å². The summed E-state index contributed by atoms with van der Waals surface area (Å²) in [6.45, 7) is -3.07. The van der Waals surface area contributed by atoms with Crippen LogP contribution in [0.3, 0.4) is 0 Å². The molecule has 2 aromatic rings. The Hall–Kier alpha value is -2.62. The summed E-state index contributed by atoms with van der Waals surface area (Å²) in [7, 11) is 2.61. The summed E-state index contributed by atoms with van der Waals surface area (Å²) in [4.78, 5) is 22.9. The van der Waals surface area contributed by atoms with Gasteiger partial charge in [0, 0.05) is 8.95 Å². The van der Waals surface area contributed by atoms with Crippen molar-refractivity contribution < 1.29 is 54.2 Å². The van der Waals surface area contributed by atoms with E-state index < -0.39 is 54.5 Å². The summed E-state index contributed by atoms with van der Waals surface area (Å²) in [6.07, 6.45) is -9.12. The Morgan fingerprint density at radius 1 is 0.722 bits per heavy atom. The van der Waals surface area contributed by atoms with Crippen LogP contribution < -0.4 is 20.1 Å². The Bertz CT molecular complexity index is 1050. The first-order chi connectivity index (χ1) is 16.5. The first-order valence-electron chi connectivity index (χ1n) is 9.25. The molecule has 36 heavy (non-hydrogen) atoms. The Morgan fingerprint density at radius 2 is 1.06 bits per heavy atom. The van der Waals surface area contributed by atoms with Crippen molar-refractivity contribution >= 4 is 43.7 Å². The van der Waals surface area contributed by atoms with Crippen LogP contribution in [0.15, 0.2) is 33.2 Å². The standard InChI is InChI=1S/C11H11BrF3NO3.C9H5BrF5NO/c1-18-7-3-6(12)4-8(19-2)9(7)10(17)16-5-11(13,14)15;10-4-1-5(11)7(6(12)2-4)8(17)16-3-9(13,14)15/h3-4H,5H2,1-2H3,(H,16,17);1-2H,3H2,(H,16,17). The second kappa shape index (κ2) is 13.1. The van der Waals surface area contributed by atoms with Crippen LogP contribution in [0.5, 0.6) is 11.5 Å². The van der Waals surface area contributed by atoms with Crippen LogP contribution in [0.2, 0.25) is 0 Å². The number of rotatable bonds is 6. The minimum absolute atomic E-state index is 0.0415. The van der Waals surface area contributed by atoms with Crippen molar-refractivity contribution in [3.63, 3.8) is 0 Å². The molecule has 16 heteroatoms. The van der Waals surface area contributed by atoms with Crippen LogP contribution in [0.1, 0.15) is 20.7 Å². The van der Waals surface area contributed by atoms with Crippen molar-refractivity contribution in [3.8, 4) is 11.5 Å². The van der Waals surface area contributed by atoms with E-state index in [1.165, 1.54) is 31.7 Å². The van der Waals surface area contributed by atoms with Gasteiger partial charge in [-0.2, -0.15) is 26.3 Å². The number of halogens is 10. The van der Waals surface area contributed by atoms with E-state index in [1.54, 1.807) is 5.32 Å². The third-order valence-electron chi connectivity index (χ3n) is 3.83. The zero-order valence-electron chi connectivity index (χ0n) is 18.1. The molecule has 0 atom stereocenters. The number of carbonyl (C=O) groups excluding carboxylic acids is 2. The number of ether oxygens (including phenoxy) is 2. The number of hydrogen-bond acceptors (Lipinski definition) is 4. The largest absolute Gasteiger partial charge is 0.496 e. The van der Waals surface area contributed by atoms with E-state index in [2.05, 4.69) is 31.9 Å². The molecular formula is C20H16Br2F8N2O4. The molecule has 0 radical (unpaired) electrons. The predicted octanol–water partition coefficient (Wildman–Crippen LogP) is 5.78.